The van der Waals surface area contributed by atoms with E-state index >= 15 is 0 Å². The Balaban J connectivity index is 1.28. The Morgan fingerprint density at radius 2 is 0.735 bits per heavy atom. The van der Waals surface area contributed by atoms with Gasteiger partial charge in [0.15, 0.2) is 0 Å². The lowest BCUT2D eigenvalue weighted by molar-refractivity contribution is 0.730. The molecule has 2 heterocycles. The van der Waals surface area contributed by atoms with Crippen molar-refractivity contribution in [2.24, 2.45) is 0 Å². The standard InChI is InChI=1S/C43H32N4S2/c1-5-17-31(18-6-1)43(32-19-7-2-8-20-32,41-46-39(29-48-41)35-25-13-15-27-37(35)44-33-21-9-3-10-22-33)42-47-40(30-49-42)36-26-14-16-28-38(36)45-34-23-11-4-12-24-34/h1-30,44-45H. The van der Waals surface area contributed by atoms with E-state index in [2.05, 4.69) is 155 Å². The lowest BCUT2D eigenvalue weighted by Gasteiger charge is -2.31. The molecule has 0 aliphatic carbocycles. The second kappa shape index (κ2) is 13.7. The van der Waals surface area contributed by atoms with Gasteiger partial charge in [0.1, 0.15) is 15.4 Å². The largest absolute Gasteiger partial charge is 0.355 e. The van der Waals surface area contributed by atoms with E-state index in [0.29, 0.717) is 0 Å². The van der Waals surface area contributed by atoms with Crippen LogP contribution in [-0.4, -0.2) is 9.97 Å². The highest BCUT2D eigenvalue weighted by Gasteiger charge is 2.44. The first-order valence-corrected chi connectivity index (χ1v) is 17.9. The van der Waals surface area contributed by atoms with Gasteiger partial charge in [-0.1, -0.05) is 133 Å². The minimum absolute atomic E-state index is 0.738. The fourth-order valence-corrected chi connectivity index (χ4v) is 8.44. The highest BCUT2D eigenvalue weighted by atomic mass is 32.1. The number of hydrogen-bond acceptors (Lipinski definition) is 6. The normalized spacial score (nSPS) is 11.3. The van der Waals surface area contributed by atoms with Gasteiger partial charge in [0.25, 0.3) is 0 Å². The van der Waals surface area contributed by atoms with Crippen LogP contribution < -0.4 is 10.6 Å². The number of thiazole rings is 2. The van der Waals surface area contributed by atoms with Gasteiger partial charge in [-0.15, -0.1) is 22.7 Å². The molecule has 2 aromatic heterocycles. The van der Waals surface area contributed by atoms with Gasteiger partial charge in [-0.3, -0.25) is 0 Å². The van der Waals surface area contributed by atoms with Gasteiger partial charge >= 0.3 is 0 Å². The van der Waals surface area contributed by atoms with Gasteiger partial charge in [-0.05, 0) is 47.5 Å². The zero-order chi connectivity index (χ0) is 32.9. The van der Waals surface area contributed by atoms with Crippen molar-refractivity contribution in [1.29, 1.82) is 0 Å². The van der Waals surface area contributed by atoms with Gasteiger partial charge in [-0.25, -0.2) is 9.97 Å². The molecule has 6 aromatic carbocycles. The predicted molar refractivity (Wildman–Crippen MR) is 206 cm³/mol. The molecular formula is C43H32N4S2. The zero-order valence-electron chi connectivity index (χ0n) is 26.5. The number of nitrogens with zero attached hydrogens (tertiary/aromatic N) is 2. The molecule has 0 unspecified atom stereocenters. The molecule has 8 rings (SSSR count). The molecule has 236 valence electrons. The van der Waals surface area contributed by atoms with Gasteiger partial charge in [0.05, 0.1) is 11.4 Å². The number of aromatic nitrogens is 2. The zero-order valence-corrected chi connectivity index (χ0v) is 28.2. The second-order valence-electron chi connectivity index (χ2n) is 11.6. The summed E-state index contributed by atoms with van der Waals surface area (Å²) in [5.74, 6) is 0. The summed E-state index contributed by atoms with van der Waals surface area (Å²) < 4.78 is 0. The molecule has 0 spiro atoms. The van der Waals surface area contributed by atoms with E-state index in [-0.39, 0.29) is 0 Å². The molecule has 0 atom stereocenters. The van der Waals surface area contributed by atoms with E-state index in [4.69, 9.17) is 9.97 Å². The number of hydrogen-bond donors (Lipinski definition) is 2. The van der Waals surface area contributed by atoms with Crippen molar-refractivity contribution in [1.82, 2.24) is 9.97 Å². The summed E-state index contributed by atoms with van der Waals surface area (Å²) in [4.78, 5) is 10.9. The Bertz CT molecular complexity index is 2120. The molecule has 0 radical (unpaired) electrons. The molecule has 0 amide bonds. The molecule has 6 heteroatoms. The smallest absolute Gasteiger partial charge is 0.124 e. The van der Waals surface area contributed by atoms with Crippen molar-refractivity contribution in [2.45, 2.75) is 5.41 Å². The maximum atomic E-state index is 5.47. The van der Waals surface area contributed by atoms with Crippen LogP contribution in [0.15, 0.2) is 181 Å². The van der Waals surface area contributed by atoms with E-state index in [1.807, 2.05) is 36.4 Å². The first-order chi connectivity index (χ1) is 24.3. The summed E-state index contributed by atoms with van der Waals surface area (Å²) >= 11 is 3.35. The van der Waals surface area contributed by atoms with Crippen molar-refractivity contribution in [3.63, 3.8) is 0 Å². The van der Waals surface area contributed by atoms with Gasteiger partial charge in [0, 0.05) is 44.6 Å². The van der Waals surface area contributed by atoms with Gasteiger partial charge in [-0.2, -0.15) is 0 Å². The summed E-state index contributed by atoms with van der Waals surface area (Å²) in [5, 5.41) is 13.5. The molecule has 0 saturated heterocycles. The number of anilines is 4. The third kappa shape index (κ3) is 6.04. The Morgan fingerprint density at radius 3 is 1.14 bits per heavy atom. The van der Waals surface area contributed by atoms with Crippen molar-refractivity contribution in [3.05, 3.63) is 202 Å². The number of nitrogens with one attached hydrogen (secondary N) is 2. The van der Waals surface area contributed by atoms with Crippen LogP contribution in [0.5, 0.6) is 0 Å². The Kier molecular flexibility index (Phi) is 8.55. The lowest BCUT2D eigenvalue weighted by Crippen LogP contribution is -2.30. The SMILES string of the molecule is c1ccc(Nc2ccccc2-c2csc(C(c3ccccc3)(c3ccccc3)c3nc(-c4ccccc4Nc4ccccc4)cs3)n2)cc1. The molecule has 49 heavy (non-hydrogen) atoms. The predicted octanol–water partition coefficient (Wildman–Crippen LogP) is 11.8. The van der Waals surface area contributed by atoms with Crippen LogP contribution in [0.25, 0.3) is 22.5 Å². The summed E-state index contributed by atoms with van der Waals surface area (Å²) in [6.07, 6.45) is 0. The first-order valence-electron chi connectivity index (χ1n) is 16.1. The van der Waals surface area contributed by atoms with E-state index < -0.39 is 5.41 Å². The van der Waals surface area contributed by atoms with Crippen molar-refractivity contribution in [3.8, 4) is 22.5 Å². The highest BCUT2D eigenvalue weighted by Crippen LogP contribution is 2.49. The highest BCUT2D eigenvalue weighted by molar-refractivity contribution is 7.12. The number of benzene rings is 6. The van der Waals surface area contributed by atoms with Crippen molar-refractivity contribution >= 4 is 45.4 Å². The van der Waals surface area contributed by atoms with Crippen molar-refractivity contribution < 1.29 is 0 Å². The maximum absolute atomic E-state index is 5.47. The quantitative estimate of drug-likeness (QED) is 0.152. The fourth-order valence-electron chi connectivity index (χ4n) is 6.25. The van der Waals surface area contributed by atoms with Crippen LogP contribution in [0, 0.1) is 0 Å². The summed E-state index contributed by atoms with van der Waals surface area (Å²) in [6, 6.07) is 58.6. The maximum Gasteiger partial charge on any atom is 0.124 e. The Hall–Kier alpha value is -5.82. The Morgan fingerprint density at radius 1 is 0.388 bits per heavy atom. The lowest BCUT2D eigenvalue weighted by atomic mass is 9.75. The van der Waals surface area contributed by atoms with Crippen molar-refractivity contribution in [2.75, 3.05) is 10.6 Å². The number of rotatable bonds is 10. The van der Waals surface area contributed by atoms with E-state index in [1.54, 1.807) is 22.7 Å². The molecule has 4 nitrogen and oxygen atoms in total. The molecule has 2 N–H and O–H groups in total. The molecule has 8 aromatic rings. The van der Waals surface area contributed by atoms with Gasteiger partial charge in [0.2, 0.25) is 0 Å². The van der Waals surface area contributed by atoms with E-state index in [9.17, 15) is 0 Å². The molecule has 0 bridgehead atoms. The number of para-hydroxylation sites is 4. The molecule has 0 fully saturated rings. The average molecular weight is 669 g/mol. The van der Waals surface area contributed by atoms with Crippen LogP contribution in [0.2, 0.25) is 0 Å². The van der Waals surface area contributed by atoms with Crippen LogP contribution in [-0.2, 0) is 5.41 Å². The van der Waals surface area contributed by atoms with Crippen LogP contribution in [0.3, 0.4) is 0 Å². The van der Waals surface area contributed by atoms with E-state index in [1.165, 1.54) is 0 Å². The third-order valence-electron chi connectivity index (χ3n) is 8.58. The molecule has 0 saturated carbocycles. The van der Waals surface area contributed by atoms with Crippen LogP contribution in [0.4, 0.5) is 22.7 Å². The second-order valence-corrected chi connectivity index (χ2v) is 13.3. The fraction of sp³-hybridized carbons (Fsp3) is 0.0233. The first kappa shape index (κ1) is 30.5. The average Bonchev–Trinajstić information content (AvgIpc) is 3.86. The minimum atomic E-state index is -0.738. The van der Waals surface area contributed by atoms with E-state index in [0.717, 1.165) is 66.4 Å². The Labute approximate surface area is 294 Å². The van der Waals surface area contributed by atoms with Gasteiger partial charge < -0.3 is 10.6 Å². The third-order valence-corrected chi connectivity index (χ3v) is 10.5. The molecular weight excluding hydrogens is 637 g/mol. The minimum Gasteiger partial charge on any atom is -0.355 e. The monoisotopic (exact) mass is 668 g/mol. The molecule has 0 aliphatic heterocycles. The topological polar surface area (TPSA) is 49.8 Å². The summed E-state index contributed by atoms with van der Waals surface area (Å²) in [5.41, 5.74) is 9.52. The van der Waals surface area contributed by atoms with Crippen LogP contribution >= 0.6 is 22.7 Å². The molecule has 0 aliphatic rings. The summed E-state index contributed by atoms with van der Waals surface area (Å²) in [7, 11) is 0. The van der Waals surface area contributed by atoms with Crippen LogP contribution in [0.1, 0.15) is 21.1 Å². The summed E-state index contributed by atoms with van der Waals surface area (Å²) in [6.45, 7) is 0.